The predicted octanol–water partition coefficient (Wildman–Crippen LogP) is 0.698. The summed E-state index contributed by atoms with van der Waals surface area (Å²) >= 11 is 0. The van der Waals surface area contributed by atoms with Gasteiger partial charge in [-0.05, 0) is 12.1 Å². The number of nitrogens with zero attached hydrogens (tertiary/aromatic N) is 1. The van der Waals surface area contributed by atoms with Crippen LogP contribution in [0.2, 0.25) is 0 Å². The largest absolute Gasteiger partial charge is 0.292 e. The molecule has 98 valence electrons. The van der Waals surface area contributed by atoms with Crippen molar-refractivity contribution in [2.24, 2.45) is 0 Å². The first kappa shape index (κ1) is 12.9. The fourth-order valence-electron chi connectivity index (χ4n) is 1.52. The molecule has 5 nitrogen and oxygen atoms in total. The normalized spacial score (nSPS) is 10.4. The molecule has 1 heterocycles. The lowest BCUT2D eigenvalue weighted by Gasteiger charge is -2.05. The van der Waals surface area contributed by atoms with Crippen molar-refractivity contribution in [3.05, 3.63) is 68.2 Å². The van der Waals surface area contributed by atoms with Crippen LogP contribution in [0.5, 0.6) is 0 Å². The third kappa shape index (κ3) is 2.82. The quantitative estimate of drug-likeness (QED) is 0.831. The van der Waals surface area contributed by atoms with Gasteiger partial charge >= 0.3 is 0 Å². The van der Waals surface area contributed by atoms with Gasteiger partial charge in [-0.2, -0.15) is 0 Å². The van der Waals surface area contributed by atoms with Gasteiger partial charge < -0.3 is 0 Å². The smallest absolute Gasteiger partial charge is 0.265 e. The molecule has 7 heteroatoms. The number of rotatable bonds is 3. The Morgan fingerprint density at radius 2 is 1.89 bits per heavy atom. The minimum atomic E-state index is -1.02. The summed E-state index contributed by atoms with van der Waals surface area (Å²) in [5.41, 5.74) is -1.51. The van der Waals surface area contributed by atoms with Crippen molar-refractivity contribution >= 4 is 5.78 Å². The maximum Gasteiger partial charge on any atom is 0.265 e. The van der Waals surface area contributed by atoms with Gasteiger partial charge in [-0.3, -0.25) is 19.5 Å². The standard InChI is InChI=1S/C12H8F2N2O3/c13-7-1-2-8(9(14)5-7)10(17)6-16-12(19)4-3-11(18)15-16/h1-5H,6H2,(H,15,18). The van der Waals surface area contributed by atoms with E-state index < -0.39 is 35.1 Å². The number of Topliss-reactive ketones (excluding diaryl/α,β-unsaturated/α-hetero) is 1. The van der Waals surface area contributed by atoms with Crippen molar-refractivity contribution in [3.63, 3.8) is 0 Å². The highest BCUT2D eigenvalue weighted by Gasteiger charge is 2.13. The van der Waals surface area contributed by atoms with E-state index in [1.165, 1.54) is 0 Å². The van der Waals surface area contributed by atoms with Crippen LogP contribution in [0.3, 0.4) is 0 Å². The Hall–Kier alpha value is -2.57. The van der Waals surface area contributed by atoms with Gasteiger partial charge in [0.15, 0.2) is 5.78 Å². The number of aromatic nitrogens is 2. The Balaban J connectivity index is 2.33. The number of carbonyl (C=O) groups excluding carboxylic acids is 1. The maximum atomic E-state index is 13.4. The lowest BCUT2D eigenvalue weighted by atomic mass is 10.1. The zero-order valence-corrected chi connectivity index (χ0v) is 9.52. The summed E-state index contributed by atoms with van der Waals surface area (Å²) in [6.45, 7) is -0.530. The van der Waals surface area contributed by atoms with Crippen molar-refractivity contribution in [1.82, 2.24) is 9.78 Å². The van der Waals surface area contributed by atoms with Crippen LogP contribution in [0.15, 0.2) is 39.9 Å². The summed E-state index contributed by atoms with van der Waals surface area (Å²) in [5.74, 6) is -2.57. The highest BCUT2D eigenvalue weighted by Crippen LogP contribution is 2.10. The first-order valence-corrected chi connectivity index (χ1v) is 5.26. The van der Waals surface area contributed by atoms with E-state index in [0.717, 1.165) is 28.9 Å². The topological polar surface area (TPSA) is 71.9 Å². The average molecular weight is 266 g/mol. The SMILES string of the molecule is O=C(Cn1[nH]c(=O)ccc1=O)c1ccc(F)cc1F. The second kappa shape index (κ2) is 4.97. The Morgan fingerprint density at radius 3 is 2.58 bits per heavy atom. The van der Waals surface area contributed by atoms with Crippen LogP contribution in [0.4, 0.5) is 8.78 Å². The van der Waals surface area contributed by atoms with Gasteiger partial charge in [0, 0.05) is 18.2 Å². The molecular formula is C12H8F2N2O3. The fourth-order valence-corrected chi connectivity index (χ4v) is 1.52. The third-order valence-corrected chi connectivity index (χ3v) is 2.42. The first-order chi connectivity index (χ1) is 8.97. The van der Waals surface area contributed by atoms with Gasteiger partial charge in [0.05, 0.1) is 5.56 Å². The third-order valence-electron chi connectivity index (χ3n) is 2.42. The van der Waals surface area contributed by atoms with E-state index in [-0.39, 0.29) is 5.56 Å². The zero-order chi connectivity index (χ0) is 14.0. The molecule has 0 atom stereocenters. The summed E-state index contributed by atoms with van der Waals surface area (Å²) < 4.78 is 26.8. The lowest BCUT2D eigenvalue weighted by molar-refractivity contribution is 0.0961. The second-order valence-electron chi connectivity index (χ2n) is 3.78. The number of halogens is 2. The van der Waals surface area contributed by atoms with E-state index in [1.54, 1.807) is 0 Å². The van der Waals surface area contributed by atoms with E-state index in [1.807, 2.05) is 0 Å². The maximum absolute atomic E-state index is 13.4. The summed E-state index contributed by atoms with van der Waals surface area (Å²) in [6.07, 6.45) is 0. The minimum Gasteiger partial charge on any atom is -0.292 e. The number of carbonyl (C=O) groups is 1. The van der Waals surface area contributed by atoms with Gasteiger partial charge in [0.25, 0.3) is 11.1 Å². The van der Waals surface area contributed by atoms with Crippen LogP contribution in [-0.2, 0) is 6.54 Å². The number of H-pyrrole nitrogens is 1. The average Bonchev–Trinajstić information content (AvgIpc) is 2.33. The van der Waals surface area contributed by atoms with Gasteiger partial charge in [-0.25, -0.2) is 13.5 Å². The molecule has 0 spiro atoms. The number of benzene rings is 1. The van der Waals surface area contributed by atoms with E-state index in [4.69, 9.17) is 0 Å². The van der Waals surface area contributed by atoms with E-state index >= 15 is 0 Å². The summed E-state index contributed by atoms with van der Waals surface area (Å²) in [7, 11) is 0. The molecule has 1 N–H and O–H groups in total. The molecule has 0 fully saturated rings. The summed E-state index contributed by atoms with van der Waals surface area (Å²) in [4.78, 5) is 34.2. The lowest BCUT2D eigenvalue weighted by Crippen LogP contribution is -2.31. The number of hydrogen-bond donors (Lipinski definition) is 1. The van der Waals surface area contributed by atoms with Crippen molar-refractivity contribution in [3.8, 4) is 0 Å². The molecule has 0 bridgehead atoms. The Bertz CT molecular complexity index is 749. The molecule has 1 aromatic carbocycles. The van der Waals surface area contributed by atoms with E-state index in [9.17, 15) is 23.2 Å². The number of ketones is 1. The highest BCUT2D eigenvalue weighted by atomic mass is 19.1. The molecule has 0 amide bonds. The van der Waals surface area contributed by atoms with Gasteiger partial charge in [0.2, 0.25) is 0 Å². The molecule has 0 aliphatic carbocycles. The highest BCUT2D eigenvalue weighted by molar-refractivity contribution is 5.96. The molecule has 0 aliphatic rings. The van der Waals surface area contributed by atoms with Crippen LogP contribution in [0, 0.1) is 11.6 Å². The van der Waals surface area contributed by atoms with Gasteiger partial charge in [-0.15, -0.1) is 0 Å². The van der Waals surface area contributed by atoms with Crippen molar-refractivity contribution in [1.29, 1.82) is 0 Å². The van der Waals surface area contributed by atoms with Crippen molar-refractivity contribution in [2.45, 2.75) is 6.54 Å². The molecule has 2 aromatic rings. The van der Waals surface area contributed by atoms with Crippen LogP contribution in [-0.4, -0.2) is 15.6 Å². The first-order valence-electron chi connectivity index (χ1n) is 5.26. The monoisotopic (exact) mass is 266 g/mol. The molecule has 0 saturated heterocycles. The number of hydrogen-bond acceptors (Lipinski definition) is 3. The summed E-state index contributed by atoms with van der Waals surface area (Å²) in [6, 6.07) is 4.50. The molecule has 0 radical (unpaired) electrons. The molecule has 2 rings (SSSR count). The summed E-state index contributed by atoms with van der Waals surface area (Å²) in [5, 5.41) is 2.14. The van der Waals surface area contributed by atoms with Gasteiger partial charge in [-0.1, -0.05) is 0 Å². The van der Waals surface area contributed by atoms with Gasteiger partial charge in [0.1, 0.15) is 18.2 Å². The van der Waals surface area contributed by atoms with Crippen LogP contribution < -0.4 is 11.1 Å². The Morgan fingerprint density at radius 1 is 1.16 bits per heavy atom. The molecule has 0 unspecified atom stereocenters. The van der Waals surface area contributed by atoms with Crippen LogP contribution in [0.25, 0.3) is 0 Å². The minimum absolute atomic E-state index is 0.349. The second-order valence-corrected chi connectivity index (χ2v) is 3.78. The number of aromatic amines is 1. The number of nitrogens with one attached hydrogen (secondary N) is 1. The van der Waals surface area contributed by atoms with E-state index in [2.05, 4.69) is 5.10 Å². The zero-order valence-electron chi connectivity index (χ0n) is 9.52. The predicted molar refractivity (Wildman–Crippen MR) is 62.0 cm³/mol. The van der Waals surface area contributed by atoms with Crippen LogP contribution in [0.1, 0.15) is 10.4 Å². The molecule has 0 aliphatic heterocycles. The van der Waals surface area contributed by atoms with Crippen LogP contribution >= 0.6 is 0 Å². The molecular weight excluding hydrogens is 258 g/mol. The molecule has 19 heavy (non-hydrogen) atoms. The Kier molecular flexibility index (Phi) is 3.37. The fraction of sp³-hybridized carbons (Fsp3) is 0.0833. The van der Waals surface area contributed by atoms with E-state index in [0.29, 0.717) is 6.07 Å². The van der Waals surface area contributed by atoms with Crippen molar-refractivity contribution < 1.29 is 13.6 Å². The molecule has 0 saturated carbocycles. The van der Waals surface area contributed by atoms with Crippen molar-refractivity contribution in [2.75, 3.05) is 0 Å². The Labute approximate surface area is 105 Å². The molecule has 1 aromatic heterocycles.